The molecule has 1 fully saturated rings. The van der Waals surface area contributed by atoms with E-state index in [1.165, 1.54) is 12.8 Å². The Morgan fingerprint density at radius 2 is 2.07 bits per heavy atom. The van der Waals surface area contributed by atoms with Crippen molar-refractivity contribution in [1.29, 1.82) is 0 Å². The first-order valence-electron chi connectivity index (χ1n) is 5.54. The summed E-state index contributed by atoms with van der Waals surface area (Å²) in [7, 11) is -0.0733. The largest absolute Gasteiger partial charge is 0.394 e. The van der Waals surface area contributed by atoms with Crippen LogP contribution in [-0.4, -0.2) is 35.6 Å². The van der Waals surface area contributed by atoms with E-state index >= 15 is 0 Å². The lowest BCUT2D eigenvalue weighted by Crippen LogP contribution is -2.21. The zero-order valence-corrected chi connectivity index (χ0v) is 10.2. The molecule has 0 heterocycles. The molecule has 0 aromatic heterocycles. The van der Waals surface area contributed by atoms with Crippen molar-refractivity contribution in [2.45, 2.75) is 44.8 Å². The zero-order valence-electron chi connectivity index (χ0n) is 9.19. The average molecular weight is 236 g/mol. The molecular formula is C10H21O4P. The minimum absolute atomic E-state index is 0.0733. The maximum Gasteiger partial charge on any atom is 0.155 e. The quantitative estimate of drug-likeness (QED) is 0.685. The van der Waals surface area contributed by atoms with E-state index in [4.69, 9.17) is 19.3 Å². The summed E-state index contributed by atoms with van der Waals surface area (Å²) in [6.07, 6.45) is 4.51. The molecule has 15 heavy (non-hydrogen) atoms. The van der Waals surface area contributed by atoms with Gasteiger partial charge in [0, 0.05) is 0 Å². The normalized spacial score (nSPS) is 28.0. The highest BCUT2D eigenvalue weighted by Gasteiger charge is 2.19. The van der Waals surface area contributed by atoms with Crippen molar-refractivity contribution in [3.8, 4) is 0 Å². The van der Waals surface area contributed by atoms with Crippen LogP contribution >= 0.6 is 9.03 Å². The van der Waals surface area contributed by atoms with E-state index in [0.29, 0.717) is 6.10 Å². The van der Waals surface area contributed by atoms with Gasteiger partial charge in [-0.15, -0.1) is 0 Å². The Labute approximate surface area is 92.9 Å². The van der Waals surface area contributed by atoms with Crippen LogP contribution in [0.5, 0.6) is 0 Å². The minimum atomic E-state index is -0.496. The monoisotopic (exact) mass is 236 g/mol. The standard InChI is InChI=1S/C10H21O4P/c1-8-3-2-4-9(5-8)13-15-14-10(6-11)7-12/h8-12,15H,2-7H2,1H3. The van der Waals surface area contributed by atoms with Gasteiger partial charge in [0.2, 0.25) is 0 Å². The molecule has 3 atom stereocenters. The first-order valence-corrected chi connectivity index (χ1v) is 6.36. The highest BCUT2D eigenvalue weighted by molar-refractivity contribution is 7.26. The first kappa shape index (κ1) is 13.3. The molecular weight excluding hydrogens is 215 g/mol. The van der Waals surface area contributed by atoms with Crippen molar-refractivity contribution in [3.05, 3.63) is 0 Å². The van der Waals surface area contributed by atoms with Gasteiger partial charge in [0.25, 0.3) is 0 Å². The van der Waals surface area contributed by atoms with Crippen molar-refractivity contribution in [1.82, 2.24) is 0 Å². The molecule has 5 heteroatoms. The Hall–Kier alpha value is 0.270. The molecule has 2 N–H and O–H groups in total. The lowest BCUT2D eigenvalue weighted by molar-refractivity contribution is 0.0522. The molecule has 1 aliphatic rings. The fourth-order valence-electron chi connectivity index (χ4n) is 1.78. The second kappa shape index (κ2) is 7.53. The molecule has 3 unspecified atom stereocenters. The Balaban J connectivity index is 2.08. The van der Waals surface area contributed by atoms with Gasteiger partial charge in [-0.05, 0) is 18.8 Å². The second-order valence-electron chi connectivity index (χ2n) is 4.20. The van der Waals surface area contributed by atoms with Crippen LogP contribution in [0, 0.1) is 5.92 Å². The van der Waals surface area contributed by atoms with Gasteiger partial charge in [-0.3, -0.25) is 0 Å². The molecule has 0 bridgehead atoms. The van der Waals surface area contributed by atoms with E-state index in [-0.39, 0.29) is 22.2 Å². The fourth-order valence-corrected chi connectivity index (χ4v) is 2.47. The van der Waals surface area contributed by atoms with Crippen LogP contribution in [0.25, 0.3) is 0 Å². The molecule has 4 nitrogen and oxygen atoms in total. The second-order valence-corrected chi connectivity index (χ2v) is 4.84. The van der Waals surface area contributed by atoms with Crippen molar-refractivity contribution in [2.24, 2.45) is 5.92 Å². The Morgan fingerprint density at radius 1 is 1.33 bits per heavy atom. The van der Waals surface area contributed by atoms with Gasteiger partial charge >= 0.3 is 0 Å². The van der Waals surface area contributed by atoms with Gasteiger partial charge in [-0.25, -0.2) is 0 Å². The van der Waals surface area contributed by atoms with Gasteiger partial charge in [0.05, 0.1) is 19.3 Å². The van der Waals surface area contributed by atoms with E-state index in [9.17, 15) is 0 Å². The van der Waals surface area contributed by atoms with E-state index in [2.05, 4.69) is 6.92 Å². The van der Waals surface area contributed by atoms with Crippen LogP contribution in [-0.2, 0) is 9.05 Å². The number of hydrogen-bond acceptors (Lipinski definition) is 4. The van der Waals surface area contributed by atoms with Crippen molar-refractivity contribution >= 4 is 9.03 Å². The lowest BCUT2D eigenvalue weighted by atomic mass is 9.89. The summed E-state index contributed by atoms with van der Waals surface area (Å²) in [6.45, 7) is 1.92. The molecule has 1 rings (SSSR count). The summed E-state index contributed by atoms with van der Waals surface area (Å²) in [5.41, 5.74) is 0. The van der Waals surface area contributed by atoms with Crippen LogP contribution < -0.4 is 0 Å². The molecule has 0 aromatic rings. The summed E-state index contributed by atoms with van der Waals surface area (Å²) in [4.78, 5) is 0. The molecule has 0 radical (unpaired) electrons. The van der Waals surface area contributed by atoms with Crippen LogP contribution in [0.4, 0.5) is 0 Å². The maximum atomic E-state index is 8.77. The van der Waals surface area contributed by atoms with Crippen molar-refractivity contribution < 1.29 is 19.3 Å². The summed E-state index contributed by atoms with van der Waals surface area (Å²) < 4.78 is 10.8. The molecule has 0 saturated heterocycles. The number of hydrogen-bond donors (Lipinski definition) is 2. The SMILES string of the molecule is CC1CCCC(OPOC(CO)CO)C1. The van der Waals surface area contributed by atoms with E-state index in [1.807, 2.05) is 0 Å². The Morgan fingerprint density at radius 3 is 2.67 bits per heavy atom. The van der Waals surface area contributed by atoms with Crippen LogP contribution in [0.2, 0.25) is 0 Å². The lowest BCUT2D eigenvalue weighted by Gasteiger charge is -2.26. The summed E-state index contributed by atoms with van der Waals surface area (Å²) in [5, 5.41) is 17.5. The van der Waals surface area contributed by atoms with Gasteiger partial charge in [-0.2, -0.15) is 0 Å². The smallest absolute Gasteiger partial charge is 0.155 e. The Bertz CT molecular complexity index is 164. The van der Waals surface area contributed by atoms with Gasteiger partial charge < -0.3 is 19.3 Å². The predicted molar refractivity (Wildman–Crippen MR) is 59.9 cm³/mol. The van der Waals surface area contributed by atoms with Crippen molar-refractivity contribution in [3.63, 3.8) is 0 Å². The fraction of sp³-hybridized carbons (Fsp3) is 1.00. The molecule has 90 valence electrons. The van der Waals surface area contributed by atoms with Gasteiger partial charge in [0.1, 0.15) is 6.10 Å². The van der Waals surface area contributed by atoms with Crippen LogP contribution in [0.1, 0.15) is 32.6 Å². The third-order valence-electron chi connectivity index (χ3n) is 2.73. The molecule has 1 saturated carbocycles. The van der Waals surface area contributed by atoms with Crippen LogP contribution in [0.3, 0.4) is 0 Å². The summed E-state index contributed by atoms with van der Waals surface area (Å²) in [6, 6.07) is 0. The third kappa shape index (κ3) is 5.23. The summed E-state index contributed by atoms with van der Waals surface area (Å²) in [5.74, 6) is 0.736. The molecule has 1 aliphatic carbocycles. The minimum Gasteiger partial charge on any atom is -0.394 e. The van der Waals surface area contributed by atoms with Crippen LogP contribution in [0.15, 0.2) is 0 Å². The summed E-state index contributed by atoms with van der Waals surface area (Å²) >= 11 is 0. The van der Waals surface area contributed by atoms with Crippen molar-refractivity contribution in [2.75, 3.05) is 13.2 Å². The van der Waals surface area contributed by atoms with E-state index in [0.717, 1.165) is 18.8 Å². The van der Waals surface area contributed by atoms with Gasteiger partial charge in [-0.1, -0.05) is 19.8 Å². The number of aliphatic hydroxyl groups is 2. The highest BCUT2D eigenvalue weighted by Crippen LogP contribution is 2.31. The maximum absolute atomic E-state index is 8.77. The molecule has 0 aliphatic heterocycles. The topological polar surface area (TPSA) is 58.9 Å². The van der Waals surface area contributed by atoms with E-state index < -0.39 is 6.10 Å². The Kier molecular flexibility index (Phi) is 6.69. The number of aliphatic hydroxyl groups excluding tert-OH is 2. The predicted octanol–water partition coefficient (Wildman–Crippen LogP) is 1.46. The average Bonchev–Trinajstić information content (AvgIpc) is 2.25. The first-order chi connectivity index (χ1) is 7.26. The third-order valence-corrected chi connectivity index (χ3v) is 3.58. The zero-order chi connectivity index (χ0) is 11.1. The van der Waals surface area contributed by atoms with Gasteiger partial charge in [0.15, 0.2) is 9.03 Å². The number of rotatable bonds is 6. The highest BCUT2D eigenvalue weighted by atomic mass is 31.1. The molecule has 0 spiro atoms. The van der Waals surface area contributed by atoms with E-state index in [1.54, 1.807) is 0 Å². The molecule has 0 amide bonds. The molecule has 0 aromatic carbocycles.